The number of benzene rings is 2. The molecule has 0 atom stereocenters. The number of nitrogen functional groups attached to an aromatic ring is 1. The van der Waals surface area contributed by atoms with Crippen molar-refractivity contribution >= 4 is 23.3 Å². The van der Waals surface area contributed by atoms with Gasteiger partial charge in [0.25, 0.3) is 5.91 Å². The van der Waals surface area contributed by atoms with Crippen molar-refractivity contribution in [1.29, 1.82) is 0 Å². The fourth-order valence-corrected chi connectivity index (χ4v) is 3.23. The second-order valence-electron chi connectivity index (χ2n) is 7.55. The lowest BCUT2D eigenvalue weighted by molar-refractivity contribution is -0.116. The van der Waals surface area contributed by atoms with Gasteiger partial charge in [-0.1, -0.05) is 29.0 Å². The summed E-state index contributed by atoms with van der Waals surface area (Å²) in [4.78, 5) is 24.8. The molecule has 2 aromatic carbocycles. The first-order valence-electron chi connectivity index (χ1n) is 11.1. The lowest BCUT2D eigenvalue weighted by Crippen LogP contribution is -2.27. The van der Waals surface area contributed by atoms with Gasteiger partial charge in [0.05, 0.1) is 13.2 Å². The standard InChI is InChI=1S/C24H30N6O4/c1-4-33-19-11-8-17(14-20(19)34-5-2)12-13-26-24(32)22-23(25)30(29-28-22)15-21(31)27-18-9-6-16(3)7-10-18/h6-11,14H,4-5,12-13,15,25H2,1-3H3,(H,26,32)(H,27,31). The molecule has 10 nitrogen and oxygen atoms in total. The number of nitrogens with one attached hydrogen (secondary N) is 2. The van der Waals surface area contributed by atoms with E-state index in [0.29, 0.717) is 43.4 Å². The minimum Gasteiger partial charge on any atom is -0.490 e. The fraction of sp³-hybridized carbons (Fsp3) is 0.333. The molecule has 3 rings (SSSR count). The SMILES string of the molecule is CCOc1ccc(CCNC(=O)c2nnn(CC(=O)Nc3ccc(C)cc3)c2N)cc1OCC. The summed E-state index contributed by atoms with van der Waals surface area (Å²) in [6, 6.07) is 13.1. The zero-order chi connectivity index (χ0) is 24.5. The van der Waals surface area contributed by atoms with E-state index in [2.05, 4.69) is 20.9 Å². The van der Waals surface area contributed by atoms with Crippen LogP contribution in [0.5, 0.6) is 11.5 Å². The average molecular weight is 467 g/mol. The van der Waals surface area contributed by atoms with Gasteiger partial charge in [-0.3, -0.25) is 9.59 Å². The van der Waals surface area contributed by atoms with Crippen LogP contribution in [0.15, 0.2) is 42.5 Å². The zero-order valence-electron chi connectivity index (χ0n) is 19.6. The third-order valence-electron chi connectivity index (χ3n) is 4.92. The number of hydrogen-bond acceptors (Lipinski definition) is 7. The Morgan fingerprint density at radius 3 is 2.44 bits per heavy atom. The van der Waals surface area contributed by atoms with Crippen molar-refractivity contribution in [2.45, 2.75) is 33.7 Å². The third kappa shape index (κ3) is 6.47. The molecule has 0 spiro atoms. The van der Waals surface area contributed by atoms with Gasteiger partial charge < -0.3 is 25.8 Å². The molecule has 0 radical (unpaired) electrons. The normalized spacial score (nSPS) is 10.6. The predicted molar refractivity (Wildman–Crippen MR) is 129 cm³/mol. The van der Waals surface area contributed by atoms with Crippen LogP contribution in [-0.2, 0) is 17.8 Å². The first-order chi connectivity index (χ1) is 16.4. The number of anilines is 2. The van der Waals surface area contributed by atoms with Crippen LogP contribution >= 0.6 is 0 Å². The van der Waals surface area contributed by atoms with Gasteiger partial charge in [-0.05, 0) is 57.0 Å². The Kier molecular flexibility index (Phi) is 8.44. The minimum atomic E-state index is -0.460. The van der Waals surface area contributed by atoms with Gasteiger partial charge in [-0.25, -0.2) is 4.68 Å². The van der Waals surface area contributed by atoms with Gasteiger partial charge in [-0.15, -0.1) is 5.10 Å². The Balaban J connectivity index is 1.54. The molecule has 34 heavy (non-hydrogen) atoms. The van der Waals surface area contributed by atoms with E-state index in [-0.39, 0.29) is 24.0 Å². The number of carbonyl (C=O) groups is 2. The summed E-state index contributed by atoms with van der Waals surface area (Å²) in [7, 11) is 0. The molecule has 0 saturated heterocycles. The third-order valence-corrected chi connectivity index (χ3v) is 4.92. The average Bonchev–Trinajstić information content (AvgIpc) is 3.17. The van der Waals surface area contributed by atoms with E-state index >= 15 is 0 Å². The van der Waals surface area contributed by atoms with E-state index in [4.69, 9.17) is 15.2 Å². The summed E-state index contributed by atoms with van der Waals surface area (Å²) in [5, 5.41) is 13.2. The monoisotopic (exact) mass is 466 g/mol. The molecule has 0 aliphatic carbocycles. The van der Waals surface area contributed by atoms with E-state index in [1.165, 1.54) is 4.68 Å². The molecule has 2 amide bonds. The molecule has 180 valence electrons. The molecule has 4 N–H and O–H groups in total. The highest BCUT2D eigenvalue weighted by atomic mass is 16.5. The van der Waals surface area contributed by atoms with Crippen LogP contribution in [0.1, 0.15) is 35.5 Å². The number of nitrogens with two attached hydrogens (primary N) is 1. The van der Waals surface area contributed by atoms with Gasteiger partial charge in [0.2, 0.25) is 5.91 Å². The largest absolute Gasteiger partial charge is 0.490 e. The number of aromatic nitrogens is 3. The highest BCUT2D eigenvalue weighted by molar-refractivity contribution is 5.96. The van der Waals surface area contributed by atoms with Gasteiger partial charge in [0.1, 0.15) is 6.54 Å². The second kappa shape index (κ2) is 11.7. The molecule has 0 fully saturated rings. The van der Waals surface area contributed by atoms with E-state index in [1.54, 1.807) is 12.1 Å². The van der Waals surface area contributed by atoms with Gasteiger partial charge in [0, 0.05) is 12.2 Å². The summed E-state index contributed by atoms with van der Waals surface area (Å²) in [5.41, 5.74) is 8.72. The summed E-state index contributed by atoms with van der Waals surface area (Å²) in [6.45, 7) is 7.06. The number of amides is 2. The number of aryl methyl sites for hydroxylation is 1. The maximum absolute atomic E-state index is 12.5. The first-order valence-corrected chi connectivity index (χ1v) is 11.1. The van der Waals surface area contributed by atoms with Gasteiger partial charge in [-0.2, -0.15) is 0 Å². The van der Waals surface area contributed by atoms with Crippen molar-refractivity contribution in [3.8, 4) is 11.5 Å². The van der Waals surface area contributed by atoms with Gasteiger partial charge >= 0.3 is 0 Å². The second-order valence-corrected chi connectivity index (χ2v) is 7.55. The lowest BCUT2D eigenvalue weighted by Gasteiger charge is -2.12. The van der Waals surface area contributed by atoms with Crippen molar-refractivity contribution < 1.29 is 19.1 Å². The Labute approximate surface area is 198 Å². The van der Waals surface area contributed by atoms with E-state index in [0.717, 1.165) is 11.1 Å². The van der Waals surface area contributed by atoms with Crippen molar-refractivity contribution in [3.63, 3.8) is 0 Å². The van der Waals surface area contributed by atoms with Crippen LogP contribution in [0.4, 0.5) is 11.5 Å². The molecule has 10 heteroatoms. The lowest BCUT2D eigenvalue weighted by atomic mass is 10.1. The number of rotatable bonds is 11. The molecule has 0 aliphatic rings. The summed E-state index contributed by atoms with van der Waals surface area (Å²) in [6.07, 6.45) is 0.575. The van der Waals surface area contributed by atoms with Crippen LogP contribution in [0.25, 0.3) is 0 Å². The van der Waals surface area contributed by atoms with Crippen LogP contribution in [0.3, 0.4) is 0 Å². The Bertz CT molecular complexity index is 1130. The molecular weight excluding hydrogens is 436 g/mol. The number of hydrogen-bond donors (Lipinski definition) is 3. The van der Waals surface area contributed by atoms with Crippen molar-refractivity contribution in [1.82, 2.24) is 20.3 Å². The highest BCUT2D eigenvalue weighted by Gasteiger charge is 2.19. The molecule has 0 aliphatic heterocycles. The first kappa shape index (κ1) is 24.6. The number of ether oxygens (including phenoxy) is 2. The fourth-order valence-electron chi connectivity index (χ4n) is 3.23. The topological polar surface area (TPSA) is 133 Å². The van der Waals surface area contributed by atoms with Crippen molar-refractivity contribution in [2.75, 3.05) is 30.8 Å². The zero-order valence-corrected chi connectivity index (χ0v) is 19.6. The minimum absolute atomic E-state index is 0.0233. The van der Waals surface area contributed by atoms with E-state index in [1.807, 2.05) is 51.1 Å². The van der Waals surface area contributed by atoms with Crippen molar-refractivity contribution in [2.24, 2.45) is 0 Å². The molecular formula is C24H30N6O4. The molecule has 0 bridgehead atoms. The summed E-state index contributed by atoms with van der Waals surface area (Å²) >= 11 is 0. The Morgan fingerprint density at radius 1 is 1.03 bits per heavy atom. The molecule has 1 heterocycles. The summed E-state index contributed by atoms with van der Waals surface area (Å²) < 4.78 is 12.4. The van der Waals surface area contributed by atoms with Crippen molar-refractivity contribution in [3.05, 3.63) is 59.3 Å². The van der Waals surface area contributed by atoms with Crippen LogP contribution < -0.4 is 25.8 Å². The van der Waals surface area contributed by atoms with Gasteiger partial charge in [0.15, 0.2) is 23.0 Å². The number of nitrogens with zero attached hydrogens (tertiary/aromatic N) is 3. The molecule has 1 aromatic heterocycles. The van der Waals surface area contributed by atoms with E-state index < -0.39 is 5.91 Å². The molecule has 3 aromatic rings. The van der Waals surface area contributed by atoms with E-state index in [9.17, 15) is 9.59 Å². The molecule has 0 unspecified atom stereocenters. The number of carbonyl (C=O) groups excluding carboxylic acids is 2. The van der Waals surface area contributed by atoms with Crippen LogP contribution in [-0.4, -0.2) is 46.6 Å². The maximum Gasteiger partial charge on any atom is 0.275 e. The maximum atomic E-state index is 12.5. The van der Waals surface area contributed by atoms with Crippen LogP contribution in [0, 0.1) is 6.92 Å². The summed E-state index contributed by atoms with van der Waals surface area (Å²) in [5.74, 6) is 0.597. The smallest absolute Gasteiger partial charge is 0.275 e. The molecule has 0 saturated carbocycles. The Morgan fingerprint density at radius 2 is 1.74 bits per heavy atom. The Hall–Kier alpha value is -4.08. The van der Waals surface area contributed by atoms with Crippen LogP contribution in [0.2, 0.25) is 0 Å². The predicted octanol–water partition coefficient (Wildman–Crippen LogP) is 2.58. The highest BCUT2D eigenvalue weighted by Crippen LogP contribution is 2.28. The quantitative estimate of drug-likeness (QED) is 0.395.